The molecular formula is C22H17F3N2O2S. The van der Waals surface area contributed by atoms with Gasteiger partial charge in [-0.25, -0.2) is 4.98 Å². The van der Waals surface area contributed by atoms with Crippen LogP contribution in [0.25, 0.3) is 11.0 Å². The van der Waals surface area contributed by atoms with Crippen LogP contribution in [0.2, 0.25) is 0 Å². The molecule has 0 aliphatic carbocycles. The number of rotatable bonds is 4. The first-order valence-corrected chi connectivity index (χ1v) is 9.96. The summed E-state index contributed by atoms with van der Waals surface area (Å²) >= 11 is 1.24. The number of carbonyl (C=O) groups excluding carboxylic acids is 1. The van der Waals surface area contributed by atoms with Crippen LogP contribution in [0.4, 0.5) is 18.3 Å². The van der Waals surface area contributed by atoms with Crippen LogP contribution in [0, 0.1) is 13.8 Å². The van der Waals surface area contributed by atoms with E-state index in [1.54, 1.807) is 19.1 Å². The van der Waals surface area contributed by atoms with Gasteiger partial charge in [-0.1, -0.05) is 36.4 Å². The number of hydrogen-bond acceptors (Lipinski definition) is 4. The molecule has 0 atom stereocenters. The van der Waals surface area contributed by atoms with Gasteiger partial charge >= 0.3 is 6.18 Å². The number of thiazole rings is 1. The zero-order chi connectivity index (χ0) is 21.5. The molecule has 0 fully saturated rings. The normalized spacial score (nSPS) is 11.8. The lowest BCUT2D eigenvalue weighted by Gasteiger charge is -2.08. The molecule has 0 aliphatic heterocycles. The maximum Gasteiger partial charge on any atom is 0.416 e. The smallest absolute Gasteiger partial charge is 0.416 e. The number of nitrogens with one attached hydrogen (secondary N) is 1. The number of carbonyl (C=O) groups is 1. The number of benzene rings is 2. The number of para-hydroxylation sites is 1. The van der Waals surface area contributed by atoms with E-state index in [-0.39, 0.29) is 5.76 Å². The number of furan rings is 1. The van der Waals surface area contributed by atoms with Crippen molar-refractivity contribution in [2.24, 2.45) is 0 Å². The molecule has 8 heteroatoms. The maximum atomic E-state index is 12.9. The largest absolute Gasteiger partial charge is 0.451 e. The molecule has 0 saturated carbocycles. The van der Waals surface area contributed by atoms with Crippen LogP contribution >= 0.6 is 11.3 Å². The van der Waals surface area contributed by atoms with Crippen molar-refractivity contribution in [2.75, 3.05) is 5.32 Å². The van der Waals surface area contributed by atoms with E-state index in [0.29, 0.717) is 28.4 Å². The third-order valence-corrected chi connectivity index (χ3v) is 5.85. The van der Waals surface area contributed by atoms with E-state index in [2.05, 4.69) is 10.3 Å². The van der Waals surface area contributed by atoms with E-state index < -0.39 is 17.6 Å². The molecule has 0 spiro atoms. The van der Waals surface area contributed by atoms with Gasteiger partial charge in [-0.15, -0.1) is 11.3 Å². The number of fused-ring (bicyclic) bond motifs is 1. The summed E-state index contributed by atoms with van der Waals surface area (Å²) in [5, 5.41) is 3.98. The quantitative estimate of drug-likeness (QED) is 0.409. The molecule has 1 amide bonds. The minimum absolute atomic E-state index is 0.212. The Morgan fingerprint density at radius 3 is 2.63 bits per heavy atom. The molecule has 2 aromatic carbocycles. The molecule has 2 aromatic heterocycles. The molecule has 4 nitrogen and oxygen atoms in total. The first-order valence-electron chi connectivity index (χ1n) is 9.14. The van der Waals surface area contributed by atoms with Gasteiger partial charge in [0.2, 0.25) is 0 Å². The number of nitrogens with zero attached hydrogens (tertiary/aromatic N) is 1. The number of halogens is 3. The lowest BCUT2D eigenvalue weighted by atomic mass is 10.1. The van der Waals surface area contributed by atoms with E-state index in [0.717, 1.165) is 28.0 Å². The average Bonchev–Trinajstić information content (AvgIpc) is 3.21. The van der Waals surface area contributed by atoms with Crippen LogP contribution in [0.3, 0.4) is 0 Å². The number of anilines is 1. The van der Waals surface area contributed by atoms with Gasteiger partial charge in [0.1, 0.15) is 5.58 Å². The molecule has 0 aliphatic rings. The van der Waals surface area contributed by atoms with Gasteiger partial charge in [0, 0.05) is 22.2 Å². The summed E-state index contributed by atoms with van der Waals surface area (Å²) in [4.78, 5) is 17.8. The Labute approximate surface area is 174 Å². The van der Waals surface area contributed by atoms with Crippen LogP contribution in [-0.4, -0.2) is 10.9 Å². The summed E-state index contributed by atoms with van der Waals surface area (Å²) in [5.74, 6) is -0.202. The molecule has 2 heterocycles. The summed E-state index contributed by atoms with van der Waals surface area (Å²) in [7, 11) is 0. The molecular weight excluding hydrogens is 413 g/mol. The van der Waals surface area contributed by atoms with Gasteiger partial charge in [0.25, 0.3) is 5.91 Å². The van der Waals surface area contributed by atoms with Crippen LogP contribution < -0.4 is 5.32 Å². The highest BCUT2D eigenvalue weighted by Crippen LogP contribution is 2.32. The van der Waals surface area contributed by atoms with E-state index in [1.807, 2.05) is 25.1 Å². The Kier molecular flexibility index (Phi) is 5.11. The molecule has 1 N–H and O–H groups in total. The Morgan fingerprint density at radius 2 is 1.90 bits per heavy atom. The summed E-state index contributed by atoms with van der Waals surface area (Å²) in [6, 6.07) is 12.6. The van der Waals surface area contributed by atoms with Crippen LogP contribution in [0.15, 0.2) is 52.9 Å². The van der Waals surface area contributed by atoms with Gasteiger partial charge in [-0.3, -0.25) is 10.1 Å². The Hall–Kier alpha value is -3.13. The predicted octanol–water partition coefficient (Wildman–Crippen LogP) is 6.37. The molecule has 0 unspecified atom stereocenters. The van der Waals surface area contributed by atoms with Gasteiger partial charge in [0.05, 0.1) is 11.3 Å². The van der Waals surface area contributed by atoms with E-state index in [1.165, 1.54) is 17.4 Å². The zero-order valence-electron chi connectivity index (χ0n) is 16.1. The van der Waals surface area contributed by atoms with Gasteiger partial charge < -0.3 is 4.42 Å². The molecule has 30 heavy (non-hydrogen) atoms. The van der Waals surface area contributed by atoms with Gasteiger partial charge in [-0.05, 0) is 31.5 Å². The number of aryl methyl sites for hydroxylation is 2. The summed E-state index contributed by atoms with van der Waals surface area (Å²) in [5.41, 5.74) is 1.87. The van der Waals surface area contributed by atoms with Crippen molar-refractivity contribution in [3.05, 3.63) is 81.6 Å². The van der Waals surface area contributed by atoms with Gasteiger partial charge in [-0.2, -0.15) is 13.2 Å². The van der Waals surface area contributed by atoms with Gasteiger partial charge in [0.15, 0.2) is 10.9 Å². The average molecular weight is 430 g/mol. The third kappa shape index (κ3) is 3.95. The molecule has 4 aromatic rings. The van der Waals surface area contributed by atoms with Crippen molar-refractivity contribution in [1.82, 2.24) is 4.98 Å². The highest BCUT2D eigenvalue weighted by atomic mass is 32.1. The lowest BCUT2D eigenvalue weighted by Crippen LogP contribution is -2.11. The topological polar surface area (TPSA) is 55.1 Å². The van der Waals surface area contributed by atoms with E-state index in [9.17, 15) is 18.0 Å². The van der Waals surface area contributed by atoms with Crippen molar-refractivity contribution in [3.63, 3.8) is 0 Å². The Bertz CT molecular complexity index is 1240. The fourth-order valence-electron chi connectivity index (χ4n) is 3.23. The minimum Gasteiger partial charge on any atom is -0.451 e. The molecule has 0 bridgehead atoms. The van der Waals surface area contributed by atoms with Crippen LogP contribution in [0.5, 0.6) is 0 Å². The summed E-state index contributed by atoms with van der Waals surface area (Å²) in [6.07, 6.45) is -4.09. The van der Waals surface area contributed by atoms with Crippen molar-refractivity contribution < 1.29 is 22.4 Å². The van der Waals surface area contributed by atoms with Crippen LogP contribution in [-0.2, 0) is 12.6 Å². The monoisotopic (exact) mass is 430 g/mol. The SMILES string of the molecule is Cc1nc(NC(=O)c2oc3ccccc3c2C)sc1Cc1cccc(C(F)(F)F)c1. The van der Waals surface area contributed by atoms with Crippen molar-refractivity contribution in [3.8, 4) is 0 Å². The highest BCUT2D eigenvalue weighted by Gasteiger charge is 2.30. The van der Waals surface area contributed by atoms with Crippen molar-refractivity contribution in [1.29, 1.82) is 0 Å². The number of aromatic nitrogens is 1. The summed E-state index contributed by atoms with van der Waals surface area (Å²) < 4.78 is 44.5. The maximum absolute atomic E-state index is 12.9. The van der Waals surface area contributed by atoms with E-state index >= 15 is 0 Å². The fraction of sp³-hybridized carbons (Fsp3) is 0.182. The van der Waals surface area contributed by atoms with Crippen molar-refractivity contribution >= 4 is 33.3 Å². The predicted molar refractivity (Wildman–Crippen MR) is 110 cm³/mol. The molecule has 0 radical (unpaired) electrons. The van der Waals surface area contributed by atoms with Crippen molar-refractivity contribution in [2.45, 2.75) is 26.4 Å². The zero-order valence-corrected chi connectivity index (χ0v) is 16.9. The molecule has 154 valence electrons. The number of amides is 1. The molecule has 4 rings (SSSR count). The third-order valence-electron chi connectivity index (χ3n) is 4.78. The Balaban J connectivity index is 1.54. The fourth-order valence-corrected chi connectivity index (χ4v) is 4.23. The molecule has 0 saturated heterocycles. The first-order chi connectivity index (χ1) is 14.2. The second-order valence-corrected chi connectivity index (χ2v) is 7.99. The first kappa shape index (κ1) is 20.2. The number of alkyl halides is 3. The standard InChI is InChI=1S/C22H17F3N2O2S/c1-12-16-8-3-4-9-17(16)29-19(12)20(28)27-21-26-13(2)18(30-21)11-14-6-5-7-15(10-14)22(23,24)25/h3-10H,11H2,1-2H3,(H,26,27,28). The highest BCUT2D eigenvalue weighted by molar-refractivity contribution is 7.15. The second-order valence-electron chi connectivity index (χ2n) is 6.91. The minimum atomic E-state index is -4.39. The summed E-state index contributed by atoms with van der Waals surface area (Å²) in [6.45, 7) is 3.58. The van der Waals surface area contributed by atoms with Crippen LogP contribution in [0.1, 0.15) is 37.8 Å². The second kappa shape index (κ2) is 7.60. The van der Waals surface area contributed by atoms with E-state index in [4.69, 9.17) is 4.42 Å². The number of hydrogen-bond donors (Lipinski definition) is 1. The Morgan fingerprint density at radius 1 is 1.13 bits per heavy atom. The lowest BCUT2D eigenvalue weighted by molar-refractivity contribution is -0.137.